The van der Waals surface area contributed by atoms with Crippen LogP contribution >= 0.6 is 0 Å². The Kier molecular flexibility index (Phi) is 5.77. The van der Waals surface area contributed by atoms with E-state index in [9.17, 15) is 9.18 Å². The Balaban J connectivity index is 1.68. The van der Waals surface area contributed by atoms with Gasteiger partial charge in [0.05, 0.1) is 13.7 Å². The number of nitrogens with one attached hydrogen (secondary N) is 1. The number of anilines is 1. The molecule has 0 saturated heterocycles. The molecule has 1 amide bonds. The standard InChI is InChI=1S/C17H18FNO3/c1-21-15-7-9-16(10-8-15)22-11-3-6-17(20)19-14-5-2-4-13(18)12-14/h2,4-5,7-10,12H,3,6,11H2,1H3,(H,19,20). The number of carbonyl (C=O) groups is 1. The van der Waals surface area contributed by atoms with Crippen molar-refractivity contribution in [3.8, 4) is 11.5 Å². The van der Waals surface area contributed by atoms with E-state index in [4.69, 9.17) is 9.47 Å². The van der Waals surface area contributed by atoms with Gasteiger partial charge in [-0.3, -0.25) is 4.79 Å². The van der Waals surface area contributed by atoms with Gasteiger partial charge in [0.15, 0.2) is 0 Å². The van der Waals surface area contributed by atoms with Crippen LogP contribution in [0.1, 0.15) is 12.8 Å². The van der Waals surface area contributed by atoms with E-state index in [-0.39, 0.29) is 11.7 Å². The van der Waals surface area contributed by atoms with Crippen LogP contribution in [0.2, 0.25) is 0 Å². The van der Waals surface area contributed by atoms with Crippen molar-refractivity contribution in [3.05, 3.63) is 54.3 Å². The number of amides is 1. The third kappa shape index (κ3) is 5.09. The van der Waals surface area contributed by atoms with Crippen LogP contribution in [0.3, 0.4) is 0 Å². The molecule has 116 valence electrons. The third-order valence-corrected chi connectivity index (χ3v) is 2.98. The first-order valence-electron chi connectivity index (χ1n) is 6.99. The Labute approximate surface area is 128 Å². The predicted octanol–water partition coefficient (Wildman–Crippen LogP) is 3.63. The Hall–Kier alpha value is -2.56. The van der Waals surface area contributed by atoms with Crippen molar-refractivity contribution in [2.45, 2.75) is 12.8 Å². The zero-order valence-corrected chi connectivity index (χ0v) is 12.3. The van der Waals surface area contributed by atoms with Crippen molar-refractivity contribution < 1.29 is 18.7 Å². The lowest BCUT2D eigenvalue weighted by atomic mass is 10.2. The van der Waals surface area contributed by atoms with Crippen LogP contribution in [0.5, 0.6) is 11.5 Å². The number of carbonyl (C=O) groups excluding carboxylic acids is 1. The highest BCUT2D eigenvalue weighted by Crippen LogP contribution is 2.17. The summed E-state index contributed by atoms with van der Waals surface area (Å²) < 4.78 is 23.6. The Morgan fingerprint density at radius 2 is 1.86 bits per heavy atom. The number of rotatable bonds is 7. The molecule has 0 aromatic heterocycles. The van der Waals surface area contributed by atoms with Gasteiger partial charge in [-0.25, -0.2) is 4.39 Å². The number of hydrogen-bond donors (Lipinski definition) is 1. The van der Waals surface area contributed by atoms with Crippen molar-refractivity contribution in [2.75, 3.05) is 19.0 Å². The van der Waals surface area contributed by atoms with Crippen LogP contribution in [0, 0.1) is 5.82 Å². The maximum Gasteiger partial charge on any atom is 0.224 e. The van der Waals surface area contributed by atoms with E-state index >= 15 is 0 Å². The van der Waals surface area contributed by atoms with Gasteiger partial charge < -0.3 is 14.8 Å². The van der Waals surface area contributed by atoms with Crippen molar-refractivity contribution in [1.29, 1.82) is 0 Å². The van der Waals surface area contributed by atoms with Crippen LogP contribution in [-0.4, -0.2) is 19.6 Å². The van der Waals surface area contributed by atoms with E-state index in [1.54, 1.807) is 19.2 Å². The predicted molar refractivity (Wildman–Crippen MR) is 82.8 cm³/mol. The molecule has 0 atom stereocenters. The van der Waals surface area contributed by atoms with Crippen molar-refractivity contribution in [1.82, 2.24) is 0 Å². The summed E-state index contributed by atoms with van der Waals surface area (Å²) in [5, 5.41) is 2.65. The normalized spacial score (nSPS) is 10.1. The summed E-state index contributed by atoms with van der Waals surface area (Å²) in [4.78, 5) is 11.7. The summed E-state index contributed by atoms with van der Waals surface area (Å²) >= 11 is 0. The van der Waals surface area contributed by atoms with Crippen LogP contribution in [-0.2, 0) is 4.79 Å². The van der Waals surface area contributed by atoms with E-state index < -0.39 is 0 Å². The molecule has 0 aliphatic carbocycles. The second kappa shape index (κ2) is 8.02. The molecule has 1 N–H and O–H groups in total. The van der Waals surface area contributed by atoms with Gasteiger partial charge in [0, 0.05) is 12.1 Å². The zero-order chi connectivity index (χ0) is 15.8. The summed E-state index contributed by atoms with van der Waals surface area (Å²) in [6.45, 7) is 0.433. The van der Waals surface area contributed by atoms with Crippen molar-refractivity contribution >= 4 is 11.6 Å². The fraction of sp³-hybridized carbons (Fsp3) is 0.235. The second-order valence-corrected chi connectivity index (χ2v) is 4.69. The van der Waals surface area contributed by atoms with Crippen LogP contribution < -0.4 is 14.8 Å². The third-order valence-electron chi connectivity index (χ3n) is 2.98. The van der Waals surface area contributed by atoms with E-state index in [0.717, 1.165) is 11.5 Å². The number of ether oxygens (including phenoxy) is 2. The van der Waals surface area contributed by atoms with Gasteiger partial charge >= 0.3 is 0 Å². The lowest BCUT2D eigenvalue weighted by Gasteiger charge is -2.08. The molecule has 2 aromatic rings. The van der Waals surface area contributed by atoms with Crippen LogP contribution in [0.15, 0.2) is 48.5 Å². The highest BCUT2D eigenvalue weighted by molar-refractivity contribution is 5.90. The van der Waals surface area contributed by atoms with Crippen molar-refractivity contribution in [2.24, 2.45) is 0 Å². The highest BCUT2D eigenvalue weighted by atomic mass is 19.1. The Morgan fingerprint density at radius 3 is 2.55 bits per heavy atom. The number of methoxy groups -OCH3 is 1. The monoisotopic (exact) mass is 303 g/mol. The van der Waals surface area contributed by atoms with Gasteiger partial charge in [-0.15, -0.1) is 0 Å². The molecule has 0 spiro atoms. The molecular formula is C17H18FNO3. The Bertz CT molecular complexity index is 614. The maximum absolute atomic E-state index is 13.0. The first-order valence-corrected chi connectivity index (χ1v) is 6.99. The highest BCUT2D eigenvalue weighted by Gasteiger charge is 2.03. The van der Waals surface area contributed by atoms with Crippen LogP contribution in [0.4, 0.5) is 10.1 Å². The fourth-order valence-corrected chi connectivity index (χ4v) is 1.88. The molecule has 2 aromatic carbocycles. The Morgan fingerprint density at radius 1 is 1.14 bits per heavy atom. The minimum atomic E-state index is -0.374. The molecule has 0 unspecified atom stereocenters. The molecule has 0 aliphatic rings. The first-order chi connectivity index (χ1) is 10.7. The van der Waals surface area contributed by atoms with Crippen LogP contribution in [0.25, 0.3) is 0 Å². The summed E-state index contributed by atoms with van der Waals surface area (Å²) in [6.07, 6.45) is 0.889. The maximum atomic E-state index is 13.0. The molecule has 0 saturated carbocycles. The SMILES string of the molecule is COc1ccc(OCCCC(=O)Nc2cccc(F)c2)cc1. The molecular weight excluding hydrogens is 285 g/mol. The molecule has 0 radical (unpaired) electrons. The smallest absolute Gasteiger partial charge is 0.224 e. The summed E-state index contributed by atoms with van der Waals surface area (Å²) in [6, 6.07) is 13.1. The molecule has 22 heavy (non-hydrogen) atoms. The molecule has 4 nitrogen and oxygen atoms in total. The minimum absolute atomic E-state index is 0.163. The molecule has 5 heteroatoms. The summed E-state index contributed by atoms with van der Waals surface area (Å²) in [5.41, 5.74) is 0.459. The average molecular weight is 303 g/mol. The van der Waals surface area contributed by atoms with E-state index in [0.29, 0.717) is 25.1 Å². The number of hydrogen-bond acceptors (Lipinski definition) is 3. The quantitative estimate of drug-likeness (QED) is 0.795. The fourth-order valence-electron chi connectivity index (χ4n) is 1.88. The second-order valence-electron chi connectivity index (χ2n) is 4.69. The molecule has 0 bridgehead atoms. The van der Waals surface area contributed by atoms with E-state index in [1.165, 1.54) is 12.1 Å². The topological polar surface area (TPSA) is 47.6 Å². The summed E-state index contributed by atoms with van der Waals surface area (Å²) in [7, 11) is 1.60. The number of halogens is 1. The van der Waals surface area contributed by atoms with Gasteiger partial charge in [-0.05, 0) is 48.9 Å². The molecule has 0 fully saturated rings. The largest absolute Gasteiger partial charge is 0.497 e. The molecule has 0 heterocycles. The minimum Gasteiger partial charge on any atom is -0.497 e. The van der Waals surface area contributed by atoms with Gasteiger partial charge in [0.25, 0.3) is 0 Å². The van der Waals surface area contributed by atoms with E-state index in [1.807, 2.05) is 24.3 Å². The summed E-state index contributed by atoms with van der Waals surface area (Å²) in [5.74, 6) is 0.956. The lowest BCUT2D eigenvalue weighted by molar-refractivity contribution is -0.116. The number of benzene rings is 2. The van der Waals surface area contributed by atoms with Gasteiger partial charge in [-0.2, -0.15) is 0 Å². The zero-order valence-electron chi connectivity index (χ0n) is 12.3. The molecule has 2 rings (SSSR count). The first kappa shape index (κ1) is 15.8. The molecule has 0 aliphatic heterocycles. The van der Waals surface area contributed by atoms with Gasteiger partial charge in [-0.1, -0.05) is 6.07 Å². The lowest BCUT2D eigenvalue weighted by Crippen LogP contribution is -2.12. The van der Waals surface area contributed by atoms with Gasteiger partial charge in [0.2, 0.25) is 5.91 Å². The van der Waals surface area contributed by atoms with E-state index in [2.05, 4.69) is 5.32 Å². The van der Waals surface area contributed by atoms with Crippen molar-refractivity contribution in [3.63, 3.8) is 0 Å². The van der Waals surface area contributed by atoms with Gasteiger partial charge in [0.1, 0.15) is 17.3 Å². The average Bonchev–Trinajstić information content (AvgIpc) is 2.52.